The van der Waals surface area contributed by atoms with E-state index in [-0.39, 0.29) is 30.5 Å². The summed E-state index contributed by atoms with van der Waals surface area (Å²) in [6.07, 6.45) is 1.77. The minimum absolute atomic E-state index is 0.00703. The van der Waals surface area contributed by atoms with Crippen LogP contribution in [0.3, 0.4) is 0 Å². The van der Waals surface area contributed by atoms with E-state index in [1.165, 1.54) is 11.4 Å². The third-order valence-corrected chi connectivity index (χ3v) is 5.07. The number of esters is 1. The number of ether oxygens (including phenoxy) is 1. The van der Waals surface area contributed by atoms with Gasteiger partial charge >= 0.3 is 5.97 Å². The van der Waals surface area contributed by atoms with Crippen LogP contribution in [0.1, 0.15) is 37.0 Å². The highest BCUT2D eigenvalue weighted by molar-refractivity contribution is 7.88. The molecular weight excluding hydrogens is 332 g/mol. The standard InChI is InChI=1S/C16H24N2O5S/c1-5-12(2)18(24(4,21)22)11-10-15(19)17-14-9-7-6-8-13(14)16(20)23-3/h6-9,12H,5,10-11H2,1-4H3,(H,17,19). The summed E-state index contributed by atoms with van der Waals surface area (Å²) in [6.45, 7) is 3.76. The Kier molecular flexibility index (Phi) is 7.37. The fourth-order valence-electron chi connectivity index (χ4n) is 2.22. The van der Waals surface area contributed by atoms with Gasteiger partial charge in [0.2, 0.25) is 15.9 Å². The molecule has 0 saturated carbocycles. The predicted molar refractivity (Wildman–Crippen MR) is 92.3 cm³/mol. The van der Waals surface area contributed by atoms with E-state index >= 15 is 0 Å². The van der Waals surface area contributed by atoms with Crippen molar-refractivity contribution >= 4 is 27.6 Å². The first kappa shape index (κ1) is 20.1. The Labute approximate surface area is 143 Å². The van der Waals surface area contributed by atoms with Crippen molar-refractivity contribution in [2.24, 2.45) is 0 Å². The molecule has 1 rings (SSSR count). The number of sulfonamides is 1. The first-order valence-corrected chi connectivity index (χ1v) is 9.49. The molecule has 8 heteroatoms. The first-order valence-electron chi connectivity index (χ1n) is 7.64. The van der Waals surface area contributed by atoms with Crippen LogP contribution in [0, 0.1) is 0 Å². The van der Waals surface area contributed by atoms with Crippen molar-refractivity contribution in [1.82, 2.24) is 4.31 Å². The van der Waals surface area contributed by atoms with E-state index in [4.69, 9.17) is 0 Å². The molecule has 0 saturated heterocycles. The molecule has 1 aromatic carbocycles. The van der Waals surface area contributed by atoms with E-state index in [0.717, 1.165) is 6.26 Å². The maximum atomic E-state index is 12.1. The molecule has 0 aromatic heterocycles. The number of carbonyl (C=O) groups excluding carboxylic acids is 2. The van der Waals surface area contributed by atoms with Crippen molar-refractivity contribution in [2.45, 2.75) is 32.7 Å². The molecular formula is C16H24N2O5S. The Morgan fingerprint density at radius 2 is 1.92 bits per heavy atom. The van der Waals surface area contributed by atoms with Crippen molar-refractivity contribution in [2.75, 3.05) is 25.2 Å². The zero-order chi connectivity index (χ0) is 18.3. The Bertz CT molecular complexity index is 687. The van der Waals surface area contributed by atoms with E-state index in [9.17, 15) is 18.0 Å². The van der Waals surface area contributed by atoms with Crippen molar-refractivity contribution in [3.8, 4) is 0 Å². The molecule has 1 aromatic rings. The number of nitrogens with one attached hydrogen (secondary N) is 1. The second kappa shape index (κ2) is 8.79. The molecule has 0 spiro atoms. The third-order valence-electron chi connectivity index (χ3n) is 3.67. The number of methoxy groups -OCH3 is 1. The number of anilines is 1. The highest BCUT2D eigenvalue weighted by Gasteiger charge is 2.23. The minimum atomic E-state index is -3.39. The molecule has 1 unspecified atom stereocenters. The average molecular weight is 356 g/mol. The number of nitrogens with zero attached hydrogens (tertiary/aromatic N) is 1. The van der Waals surface area contributed by atoms with Gasteiger partial charge in [0.1, 0.15) is 0 Å². The molecule has 0 heterocycles. The van der Waals surface area contributed by atoms with Gasteiger partial charge in [-0.3, -0.25) is 4.79 Å². The van der Waals surface area contributed by atoms with Gasteiger partial charge in [-0.2, -0.15) is 4.31 Å². The second-order valence-corrected chi connectivity index (χ2v) is 7.40. The highest BCUT2D eigenvalue weighted by Crippen LogP contribution is 2.17. The van der Waals surface area contributed by atoms with Gasteiger partial charge in [-0.05, 0) is 25.5 Å². The maximum absolute atomic E-state index is 12.1. The molecule has 0 bridgehead atoms. The Balaban J connectivity index is 2.78. The molecule has 0 aliphatic carbocycles. The molecule has 0 radical (unpaired) electrons. The molecule has 0 aliphatic heterocycles. The summed E-state index contributed by atoms with van der Waals surface area (Å²) in [5.41, 5.74) is 0.582. The van der Waals surface area contributed by atoms with Crippen LogP contribution in [-0.4, -0.2) is 50.6 Å². The van der Waals surface area contributed by atoms with Crippen LogP contribution in [0.15, 0.2) is 24.3 Å². The number of carbonyl (C=O) groups is 2. The summed E-state index contributed by atoms with van der Waals surface area (Å²) in [5.74, 6) is -0.924. The van der Waals surface area contributed by atoms with Gasteiger partial charge in [-0.1, -0.05) is 19.1 Å². The average Bonchev–Trinajstić information content (AvgIpc) is 2.53. The largest absolute Gasteiger partial charge is 0.465 e. The SMILES string of the molecule is CCC(C)N(CCC(=O)Nc1ccccc1C(=O)OC)S(C)(=O)=O. The lowest BCUT2D eigenvalue weighted by Gasteiger charge is -2.25. The molecule has 1 atom stereocenters. The monoisotopic (exact) mass is 356 g/mol. The fraction of sp³-hybridized carbons (Fsp3) is 0.500. The Morgan fingerprint density at radius 1 is 1.29 bits per heavy atom. The number of hydrogen-bond donors (Lipinski definition) is 1. The van der Waals surface area contributed by atoms with Gasteiger partial charge in [0.25, 0.3) is 0 Å². The normalized spacial score (nSPS) is 12.7. The lowest BCUT2D eigenvalue weighted by Crippen LogP contribution is -2.39. The predicted octanol–water partition coefficient (Wildman–Crippen LogP) is 1.86. The molecule has 24 heavy (non-hydrogen) atoms. The zero-order valence-electron chi connectivity index (χ0n) is 14.4. The quantitative estimate of drug-likeness (QED) is 0.718. The molecule has 0 fully saturated rings. The highest BCUT2D eigenvalue weighted by atomic mass is 32.2. The number of hydrogen-bond acceptors (Lipinski definition) is 5. The lowest BCUT2D eigenvalue weighted by molar-refractivity contribution is -0.116. The summed E-state index contributed by atoms with van der Waals surface area (Å²) < 4.78 is 29.6. The van der Waals surface area contributed by atoms with Crippen molar-refractivity contribution in [1.29, 1.82) is 0 Å². The van der Waals surface area contributed by atoms with Crippen LogP contribution < -0.4 is 5.32 Å². The molecule has 134 valence electrons. The maximum Gasteiger partial charge on any atom is 0.339 e. The Morgan fingerprint density at radius 3 is 2.46 bits per heavy atom. The van der Waals surface area contributed by atoms with Crippen molar-refractivity contribution < 1.29 is 22.7 Å². The van der Waals surface area contributed by atoms with E-state index in [1.807, 2.05) is 6.92 Å². The van der Waals surface area contributed by atoms with Gasteiger partial charge in [0, 0.05) is 19.0 Å². The first-order chi connectivity index (χ1) is 11.2. The number of benzene rings is 1. The topological polar surface area (TPSA) is 92.8 Å². The zero-order valence-corrected chi connectivity index (χ0v) is 15.2. The summed E-state index contributed by atoms with van der Waals surface area (Å²) >= 11 is 0. The van der Waals surface area contributed by atoms with E-state index < -0.39 is 16.0 Å². The Hall–Kier alpha value is -1.93. The molecule has 1 amide bonds. The van der Waals surface area contributed by atoms with Crippen LogP contribution >= 0.6 is 0 Å². The third kappa shape index (κ3) is 5.61. The van der Waals surface area contributed by atoms with E-state index in [0.29, 0.717) is 12.1 Å². The van der Waals surface area contributed by atoms with Crippen LogP contribution in [0.5, 0.6) is 0 Å². The van der Waals surface area contributed by atoms with E-state index in [2.05, 4.69) is 10.1 Å². The van der Waals surface area contributed by atoms with Crippen LogP contribution in [0.4, 0.5) is 5.69 Å². The smallest absolute Gasteiger partial charge is 0.339 e. The van der Waals surface area contributed by atoms with Crippen LogP contribution in [0.25, 0.3) is 0 Å². The van der Waals surface area contributed by atoms with Crippen LogP contribution in [-0.2, 0) is 19.6 Å². The second-order valence-electron chi connectivity index (χ2n) is 5.47. The molecule has 7 nitrogen and oxygen atoms in total. The fourth-order valence-corrected chi connectivity index (χ4v) is 3.45. The summed E-state index contributed by atoms with van der Waals surface area (Å²) in [4.78, 5) is 23.8. The van der Waals surface area contributed by atoms with Gasteiger partial charge in [0.05, 0.1) is 24.6 Å². The van der Waals surface area contributed by atoms with E-state index in [1.54, 1.807) is 31.2 Å². The molecule has 0 aliphatic rings. The van der Waals surface area contributed by atoms with Gasteiger partial charge in [0.15, 0.2) is 0 Å². The number of rotatable bonds is 8. The number of amides is 1. The molecule has 1 N–H and O–H groups in total. The van der Waals surface area contributed by atoms with Crippen molar-refractivity contribution in [3.63, 3.8) is 0 Å². The number of para-hydroxylation sites is 1. The van der Waals surface area contributed by atoms with Gasteiger partial charge in [-0.25, -0.2) is 13.2 Å². The summed E-state index contributed by atoms with van der Waals surface area (Å²) in [6, 6.07) is 6.30. The van der Waals surface area contributed by atoms with Crippen LogP contribution in [0.2, 0.25) is 0 Å². The van der Waals surface area contributed by atoms with Gasteiger partial charge in [-0.15, -0.1) is 0 Å². The van der Waals surface area contributed by atoms with Gasteiger partial charge < -0.3 is 10.1 Å². The lowest BCUT2D eigenvalue weighted by atomic mass is 10.1. The summed E-state index contributed by atoms with van der Waals surface area (Å²) in [5, 5.41) is 2.63. The summed E-state index contributed by atoms with van der Waals surface area (Å²) in [7, 11) is -2.13. The minimum Gasteiger partial charge on any atom is -0.465 e. The van der Waals surface area contributed by atoms with Crippen molar-refractivity contribution in [3.05, 3.63) is 29.8 Å².